The molecule has 0 aliphatic rings. The van der Waals surface area contributed by atoms with Gasteiger partial charge in [0, 0.05) is 30.7 Å². The Morgan fingerprint density at radius 1 is 1.48 bits per heavy atom. The molecule has 8 nitrogen and oxygen atoms in total. The molecule has 0 saturated carbocycles. The molecular weight excluding hydrogens is 322 g/mol. The third-order valence-electron chi connectivity index (χ3n) is 2.77. The Morgan fingerprint density at radius 3 is 2.52 bits per heavy atom. The summed E-state index contributed by atoms with van der Waals surface area (Å²) in [4.78, 5) is 23.7. The van der Waals surface area contributed by atoms with E-state index in [1.807, 2.05) is 0 Å². The second kappa shape index (κ2) is 7.69. The molecule has 1 aromatic heterocycles. The molecule has 1 aromatic rings. The van der Waals surface area contributed by atoms with E-state index in [1.54, 1.807) is 33.9 Å². The minimum atomic E-state index is -1.20. The van der Waals surface area contributed by atoms with Gasteiger partial charge in [-0.25, -0.2) is 14.3 Å². The Bertz CT molecular complexity index is 565. The van der Waals surface area contributed by atoms with Gasteiger partial charge in [0.25, 0.3) is 0 Å². The van der Waals surface area contributed by atoms with Crippen LogP contribution in [0.4, 0.5) is 4.79 Å². The normalized spacial score (nSPS) is 14.0. The summed E-state index contributed by atoms with van der Waals surface area (Å²) >= 11 is -1.20. The lowest BCUT2D eigenvalue weighted by atomic mass is 10.1. The number of carbonyl (C=O) groups excluding carboxylic acids is 2. The quantitative estimate of drug-likeness (QED) is 0.624. The van der Waals surface area contributed by atoms with Crippen LogP contribution in [-0.2, 0) is 38.9 Å². The third kappa shape index (κ3) is 6.11. The Morgan fingerprint density at radius 2 is 2.09 bits per heavy atom. The number of amides is 1. The van der Waals surface area contributed by atoms with Crippen molar-refractivity contribution in [3.8, 4) is 0 Å². The summed E-state index contributed by atoms with van der Waals surface area (Å²) in [5, 5.41) is 7.19. The van der Waals surface area contributed by atoms with E-state index >= 15 is 0 Å². The van der Waals surface area contributed by atoms with E-state index in [1.165, 1.54) is 18.0 Å². The van der Waals surface area contributed by atoms with E-state index in [4.69, 9.17) is 9.47 Å². The summed E-state index contributed by atoms with van der Waals surface area (Å²) in [6, 6.07) is 0.686. The Labute approximate surface area is 138 Å². The first-order valence-corrected chi connectivity index (χ1v) is 8.53. The summed E-state index contributed by atoms with van der Waals surface area (Å²) in [5.41, 5.74) is -0.161. The molecule has 23 heavy (non-hydrogen) atoms. The average molecular weight is 345 g/mol. The number of methoxy groups -OCH3 is 1. The lowest BCUT2D eigenvalue weighted by Crippen LogP contribution is -2.45. The topological polar surface area (TPSA) is 106 Å². The first kappa shape index (κ1) is 19.3. The molecular formula is C14H23N3O5S. The SMILES string of the molecule is COC(=O)[C@H](Cc1cc([S+](C)[O-])n(C)n1)NC(=O)OC(C)(C)C. The maximum absolute atomic E-state index is 11.9. The van der Waals surface area contributed by atoms with Gasteiger partial charge in [-0.1, -0.05) is 0 Å². The van der Waals surface area contributed by atoms with E-state index < -0.39 is 34.9 Å². The number of rotatable bonds is 5. The molecule has 1 heterocycles. The summed E-state index contributed by atoms with van der Waals surface area (Å²) in [6.45, 7) is 5.17. The maximum atomic E-state index is 11.9. The van der Waals surface area contributed by atoms with Crippen LogP contribution in [-0.4, -0.2) is 51.4 Å². The molecule has 0 aromatic carbocycles. The summed E-state index contributed by atoms with van der Waals surface area (Å²) in [7, 11) is 2.89. The van der Waals surface area contributed by atoms with Gasteiger partial charge in [0.2, 0.25) is 5.03 Å². The fourth-order valence-electron chi connectivity index (χ4n) is 1.87. The van der Waals surface area contributed by atoms with Crippen LogP contribution in [0.2, 0.25) is 0 Å². The van der Waals surface area contributed by atoms with Gasteiger partial charge < -0.3 is 19.3 Å². The smallest absolute Gasteiger partial charge is 0.408 e. The van der Waals surface area contributed by atoms with Crippen LogP contribution in [0.15, 0.2) is 11.1 Å². The first-order chi connectivity index (χ1) is 10.5. The molecule has 0 aliphatic carbocycles. The lowest BCUT2D eigenvalue weighted by Gasteiger charge is -2.22. The highest BCUT2D eigenvalue weighted by molar-refractivity contribution is 7.90. The number of nitrogens with zero attached hydrogens (tertiary/aromatic N) is 2. The van der Waals surface area contributed by atoms with Crippen molar-refractivity contribution in [2.75, 3.05) is 13.4 Å². The highest BCUT2D eigenvalue weighted by Gasteiger charge is 2.27. The fraction of sp³-hybridized carbons (Fsp3) is 0.643. The molecule has 0 radical (unpaired) electrons. The molecule has 1 unspecified atom stereocenters. The largest absolute Gasteiger partial charge is 0.610 e. The predicted octanol–water partition coefficient (Wildman–Crippen LogP) is 0.766. The van der Waals surface area contributed by atoms with Crippen LogP contribution in [0.3, 0.4) is 0 Å². The zero-order valence-corrected chi connectivity index (χ0v) is 15.0. The van der Waals surface area contributed by atoms with Gasteiger partial charge in [-0.3, -0.25) is 0 Å². The number of esters is 1. The number of carbonyl (C=O) groups is 2. The van der Waals surface area contributed by atoms with Crippen molar-refractivity contribution in [3.63, 3.8) is 0 Å². The zero-order chi connectivity index (χ0) is 17.8. The van der Waals surface area contributed by atoms with Crippen LogP contribution in [0.1, 0.15) is 26.5 Å². The number of hydrogen-bond donors (Lipinski definition) is 1. The number of aryl methyl sites for hydroxylation is 1. The van der Waals surface area contributed by atoms with Crippen molar-refractivity contribution in [1.82, 2.24) is 15.1 Å². The number of ether oxygens (including phenoxy) is 2. The van der Waals surface area contributed by atoms with Gasteiger partial charge in [0.05, 0.1) is 12.8 Å². The lowest BCUT2D eigenvalue weighted by molar-refractivity contribution is -0.143. The predicted molar refractivity (Wildman–Crippen MR) is 84.4 cm³/mol. The number of hydrogen-bond acceptors (Lipinski definition) is 6. The highest BCUT2D eigenvalue weighted by Crippen LogP contribution is 2.13. The van der Waals surface area contributed by atoms with E-state index in [0.29, 0.717) is 10.7 Å². The molecule has 0 saturated heterocycles. The van der Waals surface area contributed by atoms with Crippen LogP contribution < -0.4 is 5.32 Å². The Balaban J connectivity index is 2.85. The van der Waals surface area contributed by atoms with Gasteiger partial charge in [-0.05, 0) is 20.8 Å². The molecule has 0 fully saturated rings. The molecule has 0 bridgehead atoms. The summed E-state index contributed by atoms with van der Waals surface area (Å²) < 4.78 is 22.9. The Kier molecular flexibility index (Phi) is 6.46. The minimum absolute atomic E-state index is 0.108. The van der Waals surface area contributed by atoms with Crippen molar-refractivity contribution < 1.29 is 23.6 Å². The number of alkyl carbamates (subject to hydrolysis) is 1. The van der Waals surface area contributed by atoms with Crippen LogP contribution in [0, 0.1) is 0 Å². The van der Waals surface area contributed by atoms with Gasteiger partial charge >= 0.3 is 12.1 Å². The Hall–Kier alpha value is -1.74. The first-order valence-electron chi connectivity index (χ1n) is 6.97. The molecule has 9 heteroatoms. The van der Waals surface area contributed by atoms with E-state index in [9.17, 15) is 14.1 Å². The maximum Gasteiger partial charge on any atom is 0.408 e. The van der Waals surface area contributed by atoms with Crippen LogP contribution in [0.25, 0.3) is 0 Å². The van der Waals surface area contributed by atoms with Gasteiger partial charge in [0.15, 0.2) is 0 Å². The minimum Gasteiger partial charge on any atom is -0.610 e. The molecule has 1 rings (SSSR count). The fourth-order valence-corrected chi connectivity index (χ4v) is 2.58. The standard InChI is InChI=1S/C14H23N3O5S/c1-14(2,3)22-13(19)15-10(12(18)21-5)7-9-8-11(23(6)20)17(4)16-9/h8,10H,7H2,1-6H3,(H,15,19)/t10-,23?/m0/s1. The van der Waals surface area contributed by atoms with Gasteiger partial charge in [0.1, 0.15) is 17.9 Å². The second-order valence-corrected chi connectivity index (χ2v) is 7.30. The molecule has 1 N–H and O–H groups in total. The van der Waals surface area contributed by atoms with E-state index in [-0.39, 0.29) is 6.42 Å². The van der Waals surface area contributed by atoms with Crippen molar-refractivity contribution >= 4 is 23.2 Å². The van der Waals surface area contributed by atoms with Crippen molar-refractivity contribution in [2.24, 2.45) is 7.05 Å². The van der Waals surface area contributed by atoms with Crippen LogP contribution >= 0.6 is 0 Å². The number of aromatic nitrogens is 2. The summed E-state index contributed by atoms with van der Waals surface area (Å²) in [5.74, 6) is -0.610. The van der Waals surface area contributed by atoms with Crippen molar-refractivity contribution in [1.29, 1.82) is 0 Å². The zero-order valence-electron chi connectivity index (χ0n) is 14.2. The average Bonchev–Trinajstić information content (AvgIpc) is 2.76. The van der Waals surface area contributed by atoms with E-state index in [0.717, 1.165) is 0 Å². The van der Waals surface area contributed by atoms with Gasteiger partial charge in [-0.2, -0.15) is 5.10 Å². The molecule has 2 atom stereocenters. The van der Waals surface area contributed by atoms with E-state index in [2.05, 4.69) is 10.4 Å². The summed E-state index contributed by atoms with van der Waals surface area (Å²) in [6.07, 6.45) is 0.928. The molecule has 130 valence electrons. The highest BCUT2D eigenvalue weighted by atomic mass is 32.2. The third-order valence-corrected chi connectivity index (χ3v) is 3.74. The molecule has 0 spiro atoms. The molecule has 0 aliphatic heterocycles. The number of nitrogens with one attached hydrogen (secondary N) is 1. The second-order valence-electron chi connectivity index (χ2n) is 5.98. The monoisotopic (exact) mass is 345 g/mol. The van der Waals surface area contributed by atoms with Crippen molar-refractivity contribution in [3.05, 3.63) is 11.8 Å². The van der Waals surface area contributed by atoms with Crippen molar-refractivity contribution in [2.45, 2.75) is 43.9 Å². The molecule has 1 amide bonds. The van der Waals surface area contributed by atoms with Crippen LogP contribution in [0.5, 0.6) is 0 Å². The van der Waals surface area contributed by atoms with Gasteiger partial charge in [-0.15, -0.1) is 0 Å².